The van der Waals surface area contributed by atoms with Crippen LogP contribution >= 0.6 is 0 Å². The van der Waals surface area contributed by atoms with Crippen molar-refractivity contribution in [3.05, 3.63) is 5.14 Å². The summed E-state index contributed by atoms with van der Waals surface area (Å²) in [6, 6.07) is 0. The summed E-state index contributed by atoms with van der Waals surface area (Å²) in [5.41, 5.74) is 0. The molecule has 0 unspecified atom stereocenters. The van der Waals surface area contributed by atoms with Gasteiger partial charge in [0.15, 0.2) is 0 Å². The van der Waals surface area contributed by atoms with E-state index in [4.69, 9.17) is 5.14 Å². The largest absolute Gasteiger partial charge is 1.00 e. The van der Waals surface area contributed by atoms with E-state index < -0.39 is 15.3 Å². The van der Waals surface area contributed by atoms with Crippen molar-refractivity contribution < 1.29 is 59.8 Å². The first-order valence-electron chi connectivity index (χ1n) is 2.30. The Kier molecular flexibility index (Phi) is 4.40. The second-order valence-electron chi connectivity index (χ2n) is 1.83. The summed E-state index contributed by atoms with van der Waals surface area (Å²) >= 11 is 0. The van der Waals surface area contributed by atoms with Crippen LogP contribution in [0.5, 0.6) is 0 Å². The van der Waals surface area contributed by atoms with E-state index >= 15 is 0 Å². The number of hydrogen-bond acceptors (Lipinski definition) is 3. The van der Waals surface area contributed by atoms with Crippen LogP contribution in [0.25, 0.3) is 5.14 Å². The van der Waals surface area contributed by atoms with Gasteiger partial charge in [0.25, 0.3) is 0 Å². The molecule has 1 rings (SSSR count). The molecule has 1 aliphatic heterocycles. The van der Waals surface area contributed by atoms with Crippen molar-refractivity contribution in [2.75, 3.05) is 13.1 Å². The Balaban J connectivity index is 0.000000640. The number of rotatable bonds is 1. The number of nitrogens with one attached hydrogen (secondary N) is 2. The van der Waals surface area contributed by atoms with Crippen LogP contribution in [0.3, 0.4) is 0 Å². The second-order valence-corrected chi connectivity index (χ2v) is 3.58. The fourth-order valence-corrected chi connectivity index (χ4v) is 1.16. The van der Waals surface area contributed by atoms with E-state index in [0.29, 0.717) is 13.1 Å². The molecule has 0 aromatic rings. The molecule has 0 aromatic heterocycles. The first-order valence-corrected chi connectivity index (χ1v) is 3.84. The average Bonchev–Trinajstić information content (AvgIpc) is 1.16. The Labute approximate surface area is 97.0 Å². The molecule has 4 nitrogen and oxygen atoms in total. The van der Waals surface area contributed by atoms with Gasteiger partial charge < -0.3 is 10.5 Å². The van der Waals surface area contributed by atoms with Gasteiger partial charge in [-0.1, -0.05) is 0 Å². The Morgan fingerprint density at radius 1 is 1.44 bits per heavy atom. The van der Waals surface area contributed by atoms with Gasteiger partial charge in [-0.2, -0.15) is 0 Å². The summed E-state index contributed by atoms with van der Waals surface area (Å²) in [5.74, 6) is 0. The molecule has 0 radical (unpaired) electrons. The van der Waals surface area contributed by atoms with Crippen LogP contribution < -0.4 is 56.7 Å². The van der Waals surface area contributed by atoms with E-state index in [9.17, 15) is 8.42 Å². The molecule has 0 atom stereocenters. The summed E-state index contributed by atoms with van der Waals surface area (Å²) in [6.45, 7) is 0.900. The Bertz CT molecular complexity index is 174. The minimum absolute atomic E-state index is 0. The van der Waals surface area contributed by atoms with Crippen LogP contribution in [0.15, 0.2) is 0 Å². The van der Waals surface area contributed by atoms with E-state index in [1.165, 1.54) is 0 Å². The second kappa shape index (κ2) is 3.77. The summed E-state index contributed by atoms with van der Waals surface area (Å²) in [5, 5.41) is 8.85. The number of hydrogen-bond donors (Lipinski definition) is 1. The van der Waals surface area contributed by atoms with E-state index in [2.05, 4.69) is 5.32 Å². The van der Waals surface area contributed by atoms with Crippen LogP contribution in [-0.2, 0) is 10.0 Å². The van der Waals surface area contributed by atoms with Gasteiger partial charge >= 0.3 is 51.4 Å². The zero-order valence-electron chi connectivity index (χ0n) is 5.22. The zero-order valence-corrected chi connectivity index (χ0v) is 9.16. The normalized spacial score (nSPS) is 20.1. The van der Waals surface area contributed by atoms with Crippen molar-refractivity contribution in [2.24, 2.45) is 0 Å². The van der Waals surface area contributed by atoms with Crippen LogP contribution in [0, 0.1) is 0 Å². The molecule has 48 valence electrons. The smallest absolute Gasteiger partial charge is 0.564 e. The van der Waals surface area contributed by atoms with E-state index in [1.807, 2.05) is 0 Å². The summed E-state index contributed by atoms with van der Waals surface area (Å²) in [4.78, 5) is 0. The molecule has 1 aliphatic rings. The van der Waals surface area contributed by atoms with Crippen LogP contribution in [0.1, 0.15) is 0 Å². The van der Waals surface area contributed by atoms with Crippen molar-refractivity contribution in [2.45, 2.75) is 5.25 Å². The number of sulfonamides is 1. The van der Waals surface area contributed by atoms with Gasteiger partial charge in [0.2, 0.25) is 0 Å². The Morgan fingerprint density at radius 3 is 1.89 bits per heavy atom. The molecule has 0 spiro atoms. The average molecular weight is 174 g/mol. The topological polar surface area (TPSA) is 70.0 Å². The first kappa shape index (κ1) is 10.5. The summed E-state index contributed by atoms with van der Waals surface area (Å²) < 4.78 is 20.5. The van der Waals surface area contributed by atoms with Gasteiger partial charge in [-0.25, -0.2) is 8.42 Å². The third kappa shape index (κ3) is 2.94. The van der Waals surface area contributed by atoms with Crippen LogP contribution in [-0.4, -0.2) is 26.8 Å². The van der Waals surface area contributed by atoms with Crippen molar-refractivity contribution >= 4 is 10.0 Å². The van der Waals surface area contributed by atoms with Crippen molar-refractivity contribution in [1.29, 1.82) is 0 Å². The summed E-state index contributed by atoms with van der Waals surface area (Å²) in [7, 11) is -3.48. The molecule has 0 bridgehead atoms. The maximum atomic E-state index is 10.2. The van der Waals surface area contributed by atoms with Crippen LogP contribution in [0.4, 0.5) is 0 Å². The monoisotopic (exact) mass is 174 g/mol. The minimum atomic E-state index is -3.48. The SMILES string of the molecule is [K+].[NH-]S(=O)(=O)C1CNC1. The van der Waals surface area contributed by atoms with Gasteiger partial charge in [-0.15, -0.1) is 0 Å². The van der Waals surface area contributed by atoms with E-state index in [1.54, 1.807) is 0 Å². The molecule has 9 heavy (non-hydrogen) atoms. The fourth-order valence-electron chi connectivity index (χ4n) is 0.482. The van der Waals surface area contributed by atoms with Crippen molar-refractivity contribution in [1.82, 2.24) is 5.32 Å². The molecule has 1 fully saturated rings. The van der Waals surface area contributed by atoms with E-state index in [-0.39, 0.29) is 51.4 Å². The third-order valence-electron chi connectivity index (χ3n) is 1.18. The van der Waals surface area contributed by atoms with Crippen molar-refractivity contribution in [3.8, 4) is 0 Å². The zero-order chi connectivity index (χ0) is 6.20. The molecular formula is C3H7KN2O2S. The van der Waals surface area contributed by atoms with Crippen molar-refractivity contribution in [3.63, 3.8) is 0 Å². The maximum Gasteiger partial charge on any atom is 1.00 e. The fraction of sp³-hybridized carbons (Fsp3) is 1.00. The summed E-state index contributed by atoms with van der Waals surface area (Å²) in [6.07, 6.45) is 0. The molecule has 2 N–H and O–H groups in total. The molecule has 0 amide bonds. The molecular weight excluding hydrogens is 167 g/mol. The van der Waals surface area contributed by atoms with Gasteiger partial charge in [0.05, 0.1) is 15.3 Å². The molecule has 0 saturated carbocycles. The van der Waals surface area contributed by atoms with Gasteiger partial charge in [0.1, 0.15) is 0 Å². The molecule has 0 aliphatic carbocycles. The van der Waals surface area contributed by atoms with Gasteiger partial charge in [-0.3, -0.25) is 0 Å². The maximum absolute atomic E-state index is 10.2. The third-order valence-corrected chi connectivity index (χ3v) is 2.39. The minimum Gasteiger partial charge on any atom is -0.564 e. The predicted octanol–water partition coefficient (Wildman–Crippen LogP) is -3.66. The van der Waals surface area contributed by atoms with E-state index in [0.717, 1.165) is 0 Å². The molecule has 1 heterocycles. The molecule has 1 saturated heterocycles. The Hall–Kier alpha value is 1.51. The first-order chi connectivity index (χ1) is 3.61. The molecule has 0 aromatic carbocycles. The van der Waals surface area contributed by atoms with Gasteiger partial charge in [0, 0.05) is 13.1 Å². The van der Waals surface area contributed by atoms with Crippen LogP contribution in [0.2, 0.25) is 0 Å². The standard InChI is InChI=1S/C3H7N2O2S.K/c4-8(6,7)3-1-5-2-3;/h3,5H,1-2H2,(H-,4,6,7);/q-1;+1. The molecule has 6 heteroatoms. The predicted molar refractivity (Wildman–Crippen MR) is 29.9 cm³/mol. The quantitative estimate of drug-likeness (QED) is 0.417. The van der Waals surface area contributed by atoms with Gasteiger partial charge in [-0.05, 0) is 0 Å². The Morgan fingerprint density at radius 2 is 1.89 bits per heavy atom.